The van der Waals surface area contributed by atoms with Crippen LogP contribution in [0.1, 0.15) is 43.5 Å². The number of carbonyl (C=O) groups is 1. The van der Waals surface area contributed by atoms with Gasteiger partial charge in [0, 0.05) is 18.7 Å². The van der Waals surface area contributed by atoms with Gasteiger partial charge in [0.1, 0.15) is 5.75 Å². The van der Waals surface area contributed by atoms with E-state index < -0.39 is 0 Å². The van der Waals surface area contributed by atoms with Crippen molar-refractivity contribution in [3.8, 4) is 5.75 Å². The summed E-state index contributed by atoms with van der Waals surface area (Å²) in [6, 6.07) is 4.29. The van der Waals surface area contributed by atoms with Crippen molar-refractivity contribution in [1.29, 1.82) is 0 Å². The topological polar surface area (TPSA) is 50.8 Å². The minimum atomic E-state index is -0.238. The van der Waals surface area contributed by atoms with Crippen molar-refractivity contribution in [3.63, 3.8) is 0 Å². The van der Waals surface area contributed by atoms with Crippen LogP contribution in [0.2, 0.25) is 0 Å². The molecule has 2 rings (SSSR count). The summed E-state index contributed by atoms with van der Waals surface area (Å²) in [6.45, 7) is 8.36. The van der Waals surface area contributed by atoms with E-state index in [1.807, 2.05) is 27.8 Å². The van der Waals surface area contributed by atoms with E-state index in [0.717, 1.165) is 24.3 Å². The Labute approximate surface area is 132 Å². The van der Waals surface area contributed by atoms with Gasteiger partial charge in [-0.2, -0.15) is 0 Å². The number of fused-ring (bicyclic) bond motifs is 1. The molecule has 1 heterocycles. The van der Waals surface area contributed by atoms with Crippen molar-refractivity contribution in [1.82, 2.24) is 10.2 Å². The first-order valence-corrected chi connectivity index (χ1v) is 7.98. The molecule has 1 aliphatic rings. The number of rotatable bonds is 5. The zero-order valence-electron chi connectivity index (χ0n) is 13.9. The van der Waals surface area contributed by atoms with E-state index in [4.69, 9.17) is 9.47 Å². The van der Waals surface area contributed by atoms with Crippen LogP contribution in [0.15, 0.2) is 12.1 Å². The fraction of sp³-hybridized carbons (Fsp3) is 0.588. The molecule has 1 amide bonds. The van der Waals surface area contributed by atoms with Gasteiger partial charge in [-0.1, -0.05) is 6.07 Å². The second kappa shape index (κ2) is 7.49. The van der Waals surface area contributed by atoms with Crippen LogP contribution in [0.4, 0.5) is 4.79 Å². The summed E-state index contributed by atoms with van der Waals surface area (Å²) >= 11 is 0. The van der Waals surface area contributed by atoms with Crippen molar-refractivity contribution >= 4 is 6.09 Å². The fourth-order valence-electron chi connectivity index (χ4n) is 2.97. The van der Waals surface area contributed by atoms with Crippen molar-refractivity contribution < 1.29 is 14.3 Å². The number of carbonyl (C=O) groups excluding carboxylic acids is 1. The molecular weight excluding hydrogens is 280 g/mol. The van der Waals surface area contributed by atoms with Gasteiger partial charge >= 0.3 is 6.09 Å². The molecule has 0 aliphatic carbocycles. The number of hydrogen-bond acceptors (Lipinski definition) is 4. The lowest BCUT2D eigenvalue weighted by atomic mass is 9.91. The Morgan fingerprint density at radius 1 is 1.36 bits per heavy atom. The lowest BCUT2D eigenvalue weighted by Crippen LogP contribution is -2.39. The molecule has 1 N–H and O–H groups in total. The first-order valence-electron chi connectivity index (χ1n) is 7.98. The van der Waals surface area contributed by atoms with E-state index in [-0.39, 0.29) is 12.1 Å². The molecule has 1 aromatic carbocycles. The molecule has 5 nitrogen and oxygen atoms in total. The highest BCUT2D eigenvalue weighted by Crippen LogP contribution is 2.34. The molecule has 0 spiro atoms. The van der Waals surface area contributed by atoms with E-state index in [2.05, 4.69) is 17.4 Å². The predicted octanol–water partition coefficient (Wildman–Crippen LogP) is 2.88. The van der Waals surface area contributed by atoms with Crippen LogP contribution < -0.4 is 10.1 Å². The quantitative estimate of drug-likeness (QED) is 0.909. The van der Waals surface area contributed by atoms with Crippen LogP contribution >= 0.6 is 0 Å². The molecule has 0 aromatic heterocycles. The maximum absolute atomic E-state index is 12.1. The Morgan fingerprint density at radius 2 is 2.14 bits per heavy atom. The third kappa shape index (κ3) is 3.35. The number of benzene rings is 1. The second-order valence-corrected chi connectivity index (χ2v) is 5.44. The van der Waals surface area contributed by atoms with E-state index in [1.54, 1.807) is 4.90 Å². The molecule has 1 aliphatic heterocycles. The third-order valence-electron chi connectivity index (χ3n) is 4.03. The van der Waals surface area contributed by atoms with Gasteiger partial charge in [-0.3, -0.25) is 0 Å². The van der Waals surface area contributed by atoms with E-state index in [9.17, 15) is 4.79 Å². The molecule has 0 saturated heterocycles. The largest absolute Gasteiger partial charge is 0.494 e. The number of nitrogens with one attached hydrogen (secondary N) is 1. The van der Waals surface area contributed by atoms with E-state index in [0.29, 0.717) is 19.8 Å². The van der Waals surface area contributed by atoms with Gasteiger partial charge in [-0.15, -0.1) is 0 Å². The van der Waals surface area contributed by atoms with Gasteiger partial charge in [0.15, 0.2) is 0 Å². The molecule has 122 valence electrons. The molecule has 1 atom stereocenters. The SMILES string of the molecule is CCOC(=O)N1CCc2cc(CNC)c(OCC)cc2C1C. The van der Waals surface area contributed by atoms with Crippen LogP contribution in [0, 0.1) is 0 Å². The summed E-state index contributed by atoms with van der Waals surface area (Å²) in [5, 5.41) is 3.18. The number of hydrogen-bond donors (Lipinski definition) is 1. The molecule has 22 heavy (non-hydrogen) atoms. The molecule has 5 heteroatoms. The average molecular weight is 306 g/mol. The van der Waals surface area contributed by atoms with Gasteiger partial charge < -0.3 is 19.7 Å². The third-order valence-corrected chi connectivity index (χ3v) is 4.03. The van der Waals surface area contributed by atoms with Crippen LogP contribution in [-0.4, -0.2) is 37.8 Å². The Bertz CT molecular complexity index is 531. The second-order valence-electron chi connectivity index (χ2n) is 5.44. The van der Waals surface area contributed by atoms with E-state index in [1.165, 1.54) is 11.1 Å². The first kappa shape index (κ1) is 16.6. The summed E-state index contributed by atoms with van der Waals surface area (Å²) < 4.78 is 10.9. The standard InChI is InChI=1S/C17H26N2O3/c1-5-21-16-10-15-12(3)19(17(20)22-6-2)8-7-13(15)9-14(16)11-18-4/h9-10,12,18H,5-8,11H2,1-4H3. The van der Waals surface area contributed by atoms with Crippen LogP contribution in [0.5, 0.6) is 5.75 Å². The summed E-state index contributed by atoms with van der Waals surface area (Å²) in [4.78, 5) is 13.9. The maximum Gasteiger partial charge on any atom is 0.410 e. The summed E-state index contributed by atoms with van der Waals surface area (Å²) in [7, 11) is 1.93. The Morgan fingerprint density at radius 3 is 2.77 bits per heavy atom. The molecule has 0 fully saturated rings. The highest BCUT2D eigenvalue weighted by molar-refractivity contribution is 5.69. The molecular formula is C17H26N2O3. The summed E-state index contributed by atoms with van der Waals surface area (Å²) in [5.74, 6) is 0.896. The Kier molecular flexibility index (Phi) is 5.66. The van der Waals surface area contributed by atoms with Gasteiger partial charge in [0.25, 0.3) is 0 Å². The minimum absolute atomic E-state index is 0.00522. The fourth-order valence-corrected chi connectivity index (χ4v) is 2.97. The maximum atomic E-state index is 12.1. The van der Waals surface area contributed by atoms with Crippen molar-refractivity contribution in [2.75, 3.05) is 26.8 Å². The van der Waals surface area contributed by atoms with Crippen LogP contribution in [0.25, 0.3) is 0 Å². The first-order chi connectivity index (χ1) is 10.6. The number of amides is 1. The lowest BCUT2D eigenvalue weighted by molar-refractivity contribution is 0.0900. The summed E-state index contributed by atoms with van der Waals surface area (Å²) in [5.41, 5.74) is 3.62. The summed E-state index contributed by atoms with van der Waals surface area (Å²) in [6.07, 6.45) is 0.611. The van der Waals surface area contributed by atoms with Gasteiger partial charge in [-0.05, 0) is 51.4 Å². The molecule has 1 unspecified atom stereocenters. The highest BCUT2D eigenvalue weighted by atomic mass is 16.6. The van der Waals surface area contributed by atoms with Crippen molar-refractivity contribution in [2.45, 2.75) is 39.8 Å². The van der Waals surface area contributed by atoms with Gasteiger partial charge in [0.2, 0.25) is 0 Å². The zero-order chi connectivity index (χ0) is 16.1. The van der Waals surface area contributed by atoms with Crippen molar-refractivity contribution in [3.05, 3.63) is 28.8 Å². The zero-order valence-corrected chi connectivity index (χ0v) is 13.9. The molecule has 0 saturated carbocycles. The van der Waals surface area contributed by atoms with Crippen LogP contribution in [-0.2, 0) is 17.7 Å². The molecule has 1 aromatic rings. The Balaban J connectivity index is 2.33. The van der Waals surface area contributed by atoms with Crippen molar-refractivity contribution in [2.24, 2.45) is 0 Å². The predicted molar refractivity (Wildman–Crippen MR) is 86.2 cm³/mol. The normalized spacial score (nSPS) is 17.1. The number of nitrogens with zero attached hydrogens (tertiary/aromatic N) is 1. The average Bonchev–Trinajstić information content (AvgIpc) is 2.49. The molecule has 0 bridgehead atoms. The smallest absolute Gasteiger partial charge is 0.410 e. The van der Waals surface area contributed by atoms with E-state index >= 15 is 0 Å². The molecule has 0 radical (unpaired) electrons. The van der Waals surface area contributed by atoms with Gasteiger partial charge in [-0.25, -0.2) is 4.79 Å². The monoisotopic (exact) mass is 306 g/mol. The minimum Gasteiger partial charge on any atom is -0.494 e. The highest BCUT2D eigenvalue weighted by Gasteiger charge is 2.29. The Hall–Kier alpha value is -1.75. The van der Waals surface area contributed by atoms with Crippen LogP contribution in [0.3, 0.4) is 0 Å². The lowest BCUT2D eigenvalue weighted by Gasteiger charge is -2.35. The number of ether oxygens (including phenoxy) is 2. The van der Waals surface area contributed by atoms with Gasteiger partial charge in [0.05, 0.1) is 19.3 Å².